The Balaban J connectivity index is 2.19. The number of carbonyl (C=O) groups excluding carboxylic acids is 2. The van der Waals surface area contributed by atoms with E-state index >= 15 is 0 Å². The van der Waals surface area contributed by atoms with Gasteiger partial charge in [-0.25, -0.2) is 0 Å². The van der Waals surface area contributed by atoms with E-state index in [2.05, 4.69) is 5.32 Å². The fourth-order valence-corrected chi connectivity index (χ4v) is 3.06. The van der Waals surface area contributed by atoms with Crippen LogP contribution in [0, 0.1) is 6.92 Å². The highest BCUT2D eigenvalue weighted by molar-refractivity contribution is 6.30. The van der Waals surface area contributed by atoms with Crippen LogP contribution in [-0.2, 0) is 16.1 Å². The van der Waals surface area contributed by atoms with Crippen molar-refractivity contribution in [3.8, 4) is 5.75 Å². The van der Waals surface area contributed by atoms with Crippen molar-refractivity contribution < 1.29 is 14.3 Å². The number of carbonyl (C=O) groups is 2. The zero-order chi connectivity index (χ0) is 20.5. The van der Waals surface area contributed by atoms with Gasteiger partial charge in [-0.1, -0.05) is 48.9 Å². The van der Waals surface area contributed by atoms with Gasteiger partial charge in [0.15, 0.2) is 6.61 Å². The number of nitrogens with one attached hydrogen (secondary N) is 1. The summed E-state index contributed by atoms with van der Waals surface area (Å²) in [5.74, 6) is 0.257. The molecule has 0 spiro atoms. The summed E-state index contributed by atoms with van der Waals surface area (Å²) in [5, 5.41) is 3.44. The fourth-order valence-electron chi connectivity index (χ4n) is 2.94. The van der Waals surface area contributed by atoms with Gasteiger partial charge in [0, 0.05) is 18.1 Å². The van der Waals surface area contributed by atoms with Gasteiger partial charge >= 0.3 is 0 Å². The molecule has 0 aliphatic heterocycles. The van der Waals surface area contributed by atoms with Crippen LogP contribution in [-0.4, -0.2) is 35.9 Å². The first-order chi connectivity index (χ1) is 13.5. The summed E-state index contributed by atoms with van der Waals surface area (Å²) in [7, 11) is 0. The van der Waals surface area contributed by atoms with Crippen molar-refractivity contribution in [2.24, 2.45) is 0 Å². The standard InChI is InChI=1S/C22H27ClN2O3/c1-4-19(22(27)24-5-2)25(14-17-10-12-18(23)13-11-17)21(26)15-28-20-9-7-6-8-16(20)3/h6-13,19H,4-5,14-15H2,1-3H3,(H,24,27). The Bertz CT molecular complexity index is 793. The molecule has 150 valence electrons. The molecule has 28 heavy (non-hydrogen) atoms. The largest absolute Gasteiger partial charge is 0.484 e. The fraction of sp³-hybridized carbons (Fsp3) is 0.364. The number of aryl methyl sites for hydroxylation is 1. The van der Waals surface area contributed by atoms with Gasteiger partial charge in [-0.3, -0.25) is 9.59 Å². The molecule has 2 amide bonds. The van der Waals surface area contributed by atoms with E-state index in [0.717, 1.165) is 11.1 Å². The lowest BCUT2D eigenvalue weighted by Crippen LogP contribution is -2.50. The third-order valence-electron chi connectivity index (χ3n) is 4.45. The number of para-hydroxylation sites is 1. The molecule has 2 aromatic rings. The van der Waals surface area contributed by atoms with E-state index in [0.29, 0.717) is 30.3 Å². The molecule has 0 saturated heterocycles. The number of amides is 2. The predicted octanol–water partition coefficient (Wildman–Crippen LogP) is 3.97. The number of rotatable bonds is 9. The van der Waals surface area contributed by atoms with E-state index in [1.54, 1.807) is 17.0 Å². The molecule has 0 bridgehead atoms. The van der Waals surface area contributed by atoms with Gasteiger partial charge in [0.1, 0.15) is 11.8 Å². The molecule has 6 heteroatoms. The van der Waals surface area contributed by atoms with Crippen molar-refractivity contribution in [1.82, 2.24) is 10.2 Å². The van der Waals surface area contributed by atoms with Crippen LogP contribution < -0.4 is 10.1 Å². The molecule has 0 aliphatic carbocycles. The molecular weight excluding hydrogens is 376 g/mol. The van der Waals surface area contributed by atoms with Crippen molar-refractivity contribution >= 4 is 23.4 Å². The van der Waals surface area contributed by atoms with Gasteiger partial charge in [0.25, 0.3) is 5.91 Å². The maximum Gasteiger partial charge on any atom is 0.261 e. The van der Waals surface area contributed by atoms with E-state index in [4.69, 9.17) is 16.3 Å². The van der Waals surface area contributed by atoms with Crippen molar-refractivity contribution in [3.05, 3.63) is 64.7 Å². The average Bonchev–Trinajstić information content (AvgIpc) is 2.68. The predicted molar refractivity (Wildman–Crippen MR) is 111 cm³/mol. The first-order valence-electron chi connectivity index (χ1n) is 9.46. The molecule has 0 aromatic heterocycles. The van der Waals surface area contributed by atoms with E-state index in [-0.39, 0.29) is 18.4 Å². The van der Waals surface area contributed by atoms with E-state index in [1.165, 1.54) is 0 Å². The summed E-state index contributed by atoms with van der Waals surface area (Å²) in [4.78, 5) is 27.1. The Morgan fingerprint density at radius 1 is 1.11 bits per heavy atom. The zero-order valence-corrected chi connectivity index (χ0v) is 17.3. The minimum absolute atomic E-state index is 0.131. The number of likely N-dealkylation sites (N-methyl/N-ethyl adjacent to an activating group) is 1. The lowest BCUT2D eigenvalue weighted by Gasteiger charge is -2.30. The number of ether oxygens (including phenoxy) is 1. The highest BCUT2D eigenvalue weighted by Crippen LogP contribution is 2.18. The molecule has 0 aliphatic rings. The molecule has 0 fully saturated rings. The number of hydrogen-bond acceptors (Lipinski definition) is 3. The average molecular weight is 403 g/mol. The van der Waals surface area contributed by atoms with Gasteiger partial charge in [-0.2, -0.15) is 0 Å². The number of halogens is 1. The Morgan fingerprint density at radius 2 is 1.79 bits per heavy atom. The van der Waals surface area contributed by atoms with Crippen molar-refractivity contribution in [1.29, 1.82) is 0 Å². The Morgan fingerprint density at radius 3 is 2.39 bits per heavy atom. The molecule has 1 atom stereocenters. The van der Waals surface area contributed by atoms with Crippen molar-refractivity contribution in [2.45, 2.75) is 39.8 Å². The highest BCUT2D eigenvalue weighted by atomic mass is 35.5. The van der Waals surface area contributed by atoms with Crippen LogP contribution in [0.2, 0.25) is 5.02 Å². The second-order valence-corrected chi connectivity index (χ2v) is 6.96. The molecule has 0 heterocycles. The summed E-state index contributed by atoms with van der Waals surface area (Å²) >= 11 is 5.96. The van der Waals surface area contributed by atoms with E-state index in [9.17, 15) is 9.59 Å². The molecule has 0 radical (unpaired) electrons. The lowest BCUT2D eigenvalue weighted by atomic mass is 10.1. The summed E-state index contributed by atoms with van der Waals surface area (Å²) in [5.41, 5.74) is 1.85. The zero-order valence-electron chi connectivity index (χ0n) is 16.6. The van der Waals surface area contributed by atoms with Gasteiger partial charge in [0.05, 0.1) is 0 Å². The third kappa shape index (κ3) is 5.99. The normalized spacial score (nSPS) is 11.6. The van der Waals surface area contributed by atoms with Gasteiger partial charge in [-0.15, -0.1) is 0 Å². The second-order valence-electron chi connectivity index (χ2n) is 6.52. The number of nitrogens with zero attached hydrogens (tertiary/aromatic N) is 1. The summed E-state index contributed by atoms with van der Waals surface area (Å²) in [6, 6.07) is 14.2. The third-order valence-corrected chi connectivity index (χ3v) is 4.70. The van der Waals surface area contributed by atoms with Crippen LogP contribution in [0.4, 0.5) is 0 Å². The van der Waals surface area contributed by atoms with E-state index < -0.39 is 6.04 Å². The highest BCUT2D eigenvalue weighted by Gasteiger charge is 2.28. The summed E-state index contributed by atoms with van der Waals surface area (Å²) in [6.07, 6.45) is 0.509. The van der Waals surface area contributed by atoms with Crippen LogP contribution in [0.25, 0.3) is 0 Å². The maximum absolute atomic E-state index is 13.0. The van der Waals surface area contributed by atoms with Crippen LogP contribution in [0.5, 0.6) is 5.75 Å². The van der Waals surface area contributed by atoms with Crippen LogP contribution in [0.3, 0.4) is 0 Å². The monoisotopic (exact) mass is 402 g/mol. The van der Waals surface area contributed by atoms with Crippen LogP contribution in [0.15, 0.2) is 48.5 Å². The Kier molecular flexibility index (Phi) is 8.33. The van der Waals surface area contributed by atoms with Crippen molar-refractivity contribution in [2.75, 3.05) is 13.2 Å². The second kappa shape index (κ2) is 10.7. The Hall–Kier alpha value is -2.53. The minimum atomic E-state index is -0.566. The van der Waals surface area contributed by atoms with Crippen molar-refractivity contribution in [3.63, 3.8) is 0 Å². The minimum Gasteiger partial charge on any atom is -0.484 e. The summed E-state index contributed by atoms with van der Waals surface area (Å²) in [6.45, 7) is 6.37. The molecular formula is C22H27ClN2O3. The number of benzene rings is 2. The Labute approximate surface area is 171 Å². The van der Waals surface area contributed by atoms with Crippen LogP contribution in [0.1, 0.15) is 31.4 Å². The molecule has 1 unspecified atom stereocenters. The van der Waals surface area contributed by atoms with E-state index in [1.807, 2.05) is 57.2 Å². The molecule has 2 rings (SSSR count). The van der Waals surface area contributed by atoms with Gasteiger partial charge < -0.3 is 15.0 Å². The molecule has 5 nitrogen and oxygen atoms in total. The van der Waals surface area contributed by atoms with Crippen LogP contribution >= 0.6 is 11.6 Å². The molecule has 1 N–H and O–H groups in total. The maximum atomic E-state index is 13.0. The smallest absolute Gasteiger partial charge is 0.261 e. The quantitative estimate of drug-likeness (QED) is 0.690. The molecule has 0 saturated carbocycles. The summed E-state index contributed by atoms with van der Waals surface area (Å²) < 4.78 is 5.73. The lowest BCUT2D eigenvalue weighted by molar-refractivity contribution is -0.142. The van der Waals surface area contributed by atoms with Gasteiger partial charge in [-0.05, 0) is 49.6 Å². The number of hydrogen-bond donors (Lipinski definition) is 1. The topological polar surface area (TPSA) is 58.6 Å². The molecule has 2 aromatic carbocycles. The van der Waals surface area contributed by atoms with Gasteiger partial charge in [0.2, 0.25) is 5.91 Å². The first kappa shape index (κ1) is 21.8. The first-order valence-corrected chi connectivity index (χ1v) is 9.84. The SMILES string of the molecule is CCNC(=O)C(CC)N(Cc1ccc(Cl)cc1)C(=O)COc1ccccc1C.